The van der Waals surface area contributed by atoms with Crippen molar-refractivity contribution in [2.24, 2.45) is 5.92 Å². The van der Waals surface area contributed by atoms with Crippen molar-refractivity contribution in [3.05, 3.63) is 23.7 Å². The number of carbonyl (C=O) groups is 1. The maximum atomic E-state index is 10.8. The van der Waals surface area contributed by atoms with E-state index in [1.165, 1.54) is 6.07 Å². The van der Waals surface area contributed by atoms with Crippen LogP contribution in [-0.4, -0.2) is 40.3 Å². The van der Waals surface area contributed by atoms with Gasteiger partial charge in [0.1, 0.15) is 5.76 Å². The number of hydrogen-bond acceptors (Lipinski definition) is 4. The van der Waals surface area contributed by atoms with E-state index in [2.05, 4.69) is 4.90 Å². The third-order valence-corrected chi connectivity index (χ3v) is 3.74. The molecule has 0 amide bonds. The summed E-state index contributed by atoms with van der Waals surface area (Å²) in [4.78, 5) is 13.0. The summed E-state index contributed by atoms with van der Waals surface area (Å²) in [5.41, 5.74) is 0. The Labute approximate surface area is 106 Å². The molecule has 1 aliphatic heterocycles. The molecule has 1 aromatic heterocycles. The summed E-state index contributed by atoms with van der Waals surface area (Å²) in [6.45, 7) is 5.53. The van der Waals surface area contributed by atoms with E-state index in [4.69, 9.17) is 9.52 Å². The zero-order valence-corrected chi connectivity index (χ0v) is 10.7. The Morgan fingerprint density at radius 1 is 1.50 bits per heavy atom. The van der Waals surface area contributed by atoms with Gasteiger partial charge in [0.05, 0.1) is 12.1 Å². The van der Waals surface area contributed by atoms with Gasteiger partial charge in [0.25, 0.3) is 0 Å². The highest BCUT2D eigenvalue weighted by molar-refractivity contribution is 5.84. The van der Waals surface area contributed by atoms with E-state index >= 15 is 0 Å². The van der Waals surface area contributed by atoms with Crippen molar-refractivity contribution < 1.29 is 19.4 Å². The van der Waals surface area contributed by atoms with Crippen molar-refractivity contribution in [1.29, 1.82) is 0 Å². The van der Waals surface area contributed by atoms with Crippen LogP contribution in [0.1, 0.15) is 42.6 Å². The van der Waals surface area contributed by atoms with Crippen molar-refractivity contribution in [1.82, 2.24) is 4.90 Å². The van der Waals surface area contributed by atoms with Crippen LogP contribution in [0, 0.1) is 5.92 Å². The molecule has 0 radical (unpaired) electrons. The Balaban J connectivity index is 2.03. The van der Waals surface area contributed by atoms with Crippen LogP contribution in [0.4, 0.5) is 0 Å². The Hall–Kier alpha value is -1.33. The van der Waals surface area contributed by atoms with Crippen molar-refractivity contribution >= 4 is 5.97 Å². The van der Waals surface area contributed by atoms with Gasteiger partial charge >= 0.3 is 5.97 Å². The summed E-state index contributed by atoms with van der Waals surface area (Å²) in [7, 11) is 0. The van der Waals surface area contributed by atoms with Crippen LogP contribution in [0.2, 0.25) is 0 Å². The van der Waals surface area contributed by atoms with Crippen LogP contribution >= 0.6 is 0 Å². The largest absolute Gasteiger partial charge is 0.475 e. The second-order valence-electron chi connectivity index (χ2n) is 4.97. The van der Waals surface area contributed by atoms with E-state index < -0.39 is 5.97 Å². The van der Waals surface area contributed by atoms with E-state index in [-0.39, 0.29) is 17.9 Å². The molecule has 1 aliphatic rings. The summed E-state index contributed by atoms with van der Waals surface area (Å²) < 4.78 is 5.31. The normalized spacial score (nSPS) is 24.1. The lowest BCUT2D eigenvalue weighted by molar-refractivity contribution is 0.0656. The van der Waals surface area contributed by atoms with Gasteiger partial charge in [-0.05, 0) is 44.9 Å². The molecule has 3 atom stereocenters. The SMILES string of the molecule is CC(O)C1CCN(C(C)c2ccc(C(=O)O)o2)C1. The third-order valence-electron chi connectivity index (χ3n) is 3.74. The molecule has 1 saturated heterocycles. The highest BCUT2D eigenvalue weighted by Gasteiger charge is 2.30. The van der Waals surface area contributed by atoms with Crippen molar-refractivity contribution in [2.75, 3.05) is 13.1 Å². The first kappa shape index (κ1) is 13.1. The number of carboxylic acid groups (broad SMARTS) is 1. The van der Waals surface area contributed by atoms with Crippen LogP contribution in [0.25, 0.3) is 0 Å². The van der Waals surface area contributed by atoms with Crippen LogP contribution in [-0.2, 0) is 0 Å². The molecular weight excluding hydrogens is 234 g/mol. The topological polar surface area (TPSA) is 73.9 Å². The molecular formula is C13H19NO4. The minimum atomic E-state index is -1.04. The van der Waals surface area contributed by atoms with Gasteiger partial charge in [-0.15, -0.1) is 0 Å². The number of nitrogens with zero attached hydrogens (tertiary/aromatic N) is 1. The monoisotopic (exact) mass is 253 g/mol. The first-order valence-corrected chi connectivity index (χ1v) is 6.24. The number of likely N-dealkylation sites (tertiary alicyclic amines) is 1. The van der Waals surface area contributed by atoms with Crippen molar-refractivity contribution in [3.8, 4) is 0 Å². The fraction of sp³-hybridized carbons (Fsp3) is 0.615. The van der Waals surface area contributed by atoms with Gasteiger partial charge < -0.3 is 14.6 Å². The van der Waals surface area contributed by atoms with E-state index in [1.54, 1.807) is 6.07 Å². The van der Waals surface area contributed by atoms with Gasteiger partial charge in [0, 0.05) is 6.54 Å². The standard InChI is InChI=1S/C13H19NO4/c1-8(11-3-4-12(18-11)13(16)17)14-6-5-10(7-14)9(2)15/h3-4,8-10,15H,5-7H2,1-2H3,(H,16,17). The quantitative estimate of drug-likeness (QED) is 0.855. The van der Waals surface area contributed by atoms with Crippen molar-refractivity contribution in [2.45, 2.75) is 32.4 Å². The Bertz CT molecular complexity index is 426. The van der Waals surface area contributed by atoms with Crippen LogP contribution in [0.15, 0.2) is 16.5 Å². The molecule has 18 heavy (non-hydrogen) atoms. The second-order valence-corrected chi connectivity index (χ2v) is 4.97. The molecule has 0 spiro atoms. The summed E-state index contributed by atoms with van der Waals surface area (Å²) in [5, 5.41) is 18.4. The second kappa shape index (κ2) is 5.12. The maximum Gasteiger partial charge on any atom is 0.371 e. The number of furan rings is 1. The zero-order chi connectivity index (χ0) is 13.3. The summed E-state index contributed by atoms with van der Waals surface area (Å²) in [6, 6.07) is 3.24. The smallest absolute Gasteiger partial charge is 0.371 e. The van der Waals surface area contributed by atoms with Gasteiger partial charge in [-0.25, -0.2) is 4.79 Å². The predicted molar refractivity (Wildman–Crippen MR) is 65.4 cm³/mol. The van der Waals surface area contributed by atoms with Gasteiger partial charge in [-0.2, -0.15) is 0 Å². The van der Waals surface area contributed by atoms with Gasteiger partial charge in [-0.1, -0.05) is 0 Å². The molecule has 5 nitrogen and oxygen atoms in total. The van der Waals surface area contributed by atoms with Gasteiger partial charge in [0.2, 0.25) is 5.76 Å². The third kappa shape index (κ3) is 2.57. The first-order chi connectivity index (χ1) is 8.49. The van der Waals surface area contributed by atoms with Crippen LogP contribution < -0.4 is 0 Å². The maximum absolute atomic E-state index is 10.8. The Kier molecular flexibility index (Phi) is 3.73. The molecule has 1 aromatic rings. The van der Waals surface area contributed by atoms with E-state index in [0.717, 1.165) is 19.5 Å². The highest BCUT2D eigenvalue weighted by Crippen LogP contribution is 2.29. The van der Waals surface area contributed by atoms with E-state index in [0.29, 0.717) is 11.7 Å². The van der Waals surface area contributed by atoms with E-state index in [9.17, 15) is 9.90 Å². The minimum Gasteiger partial charge on any atom is -0.475 e. The number of aliphatic hydroxyl groups excluding tert-OH is 1. The molecule has 2 heterocycles. The summed E-state index contributed by atoms with van der Waals surface area (Å²) >= 11 is 0. The van der Waals surface area contributed by atoms with Gasteiger partial charge in [0.15, 0.2) is 0 Å². The number of aliphatic hydroxyl groups is 1. The summed E-state index contributed by atoms with van der Waals surface area (Å²) in [6.07, 6.45) is 0.669. The molecule has 0 aromatic carbocycles. The zero-order valence-electron chi connectivity index (χ0n) is 10.7. The van der Waals surface area contributed by atoms with Crippen LogP contribution in [0.5, 0.6) is 0 Å². The lowest BCUT2D eigenvalue weighted by Gasteiger charge is -2.23. The molecule has 1 fully saturated rings. The molecule has 100 valence electrons. The molecule has 0 bridgehead atoms. The number of aromatic carboxylic acids is 1. The molecule has 2 N–H and O–H groups in total. The lowest BCUT2D eigenvalue weighted by Crippen LogP contribution is -2.26. The lowest BCUT2D eigenvalue weighted by atomic mass is 10.0. The number of hydrogen-bond donors (Lipinski definition) is 2. The highest BCUT2D eigenvalue weighted by atomic mass is 16.4. The molecule has 0 aliphatic carbocycles. The number of rotatable bonds is 4. The Morgan fingerprint density at radius 3 is 2.72 bits per heavy atom. The summed E-state index contributed by atoms with van der Waals surface area (Å²) in [5.74, 6) is -0.111. The molecule has 5 heteroatoms. The average Bonchev–Trinajstić information content (AvgIpc) is 2.97. The molecule has 0 saturated carbocycles. The number of carboxylic acids is 1. The van der Waals surface area contributed by atoms with Gasteiger partial charge in [-0.3, -0.25) is 4.90 Å². The predicted octanol–water partition coefficient (Wildman–Crippen LogP) is 1.74. The van der Waals surface area contributed by atoms with Crippen molar-refractivity contribution in [3.63, 3.8) is 0 Å². The first-order valence-electron chi connectivity index (χ1n) is 6.24. The van der Waals surface area contributed by atoms with Crippen LogP contribution in [0.3, 0.4) is 0 Å². The fourth-order valence-corrected chi connectivity index (χ4v) is 2.43. The Morgan fingerprint density at radius 2 is 2.22 bits per heavy atom. The minimum absolute atomic E-state index is 0.0249. The average molecular weight is 253 g/mol. The van der Waals surface area contributed by atoms with E-state index in [1.807, 2.05) is 13.8 Å². The molecule has 3 unspecified atom stereocenters. The fourth-order valence-electron chi connectivity index (χ4n) is 2.43. The molecule has 2 rings (SSSR count).